The lowest BCUT2D eigenvalue weighted by molar-refractivity contribution is 0.206. The van der Waals surface area contributed by atoms with Gasteiger partial charge in [0.2, 0.25) is 33.3 Å². The largest absolute Gasteiger partial charge is 0.497 e. The molecule has 0 aromatic carbocycles. The van der Waals surface area contributed by atoms with E-state index in [4.69, 9.17) is 41.8 Å². The Bertz CT molecular complexity index is 1670. The topological polar surface area (TPSA) is 92.3 Å². The third-order valence-corrected chi connectivity index (χ3v) is 61.3. The molecule has 0 saturated carbocycles. The maximum atomic E-state index is 6.51. The zero-order valence-corrected chi connectivity index (χ0v) is 72.1. The first-order chi connectivity index (χ1) is 34.9. The molecule has 0 spiro atoms. The molecule has 0 saturated heterocycles. The Kier molecular flexibility index (Phi) is 43.8. The minimum atomic E-state index is -2.46. The van der Waals surface area contributed by atoms with E-state index >= 15 is 0 Å². The third-order valence-electron chi connectivity index (χ3n) is 12.3. The van der Waals surface area contributed by atoms with Crippen LogP contribution in [0.4, 0.5) is 0 Å². The van der Waals surface area contributed by atoms with Gasteiger partial charge >= 0.3 is 42.8 Å². The minimum Gasteiger partial charge on any atom is -0.497 e. The van der Waals surface area contributed by atoms with E-state index in [9.17, 15) is 0 Å². The predicted octanol–water partition coefficient (Wildman–Crippen LogP) is 21.6. The average Bonchev–Trinajstić information content (AvgIpc) is 3.21. The highest BCUT2D eigenvalue weighted by molar-refractivity contribution is 6.93. The standard InChI is InChI=1S/C14H36O4Si4.2C14H32O2Si3.C12H32O2Si3.C2H4.CH4/c1-12-14(2)15-13-22(11,17-20(6,7)8)18-21(9,10)16-19(3,4)5;2*1-11-13(3)17(5,6)15-19(9,10)16-18(7,8)14(4)12-2;1-9-11-15(3,4)13-17(7,8)14-16(5,6)12-10-2;1-2;/h2,12-13H2,1,3-11H3;2*3-4,11-12H2,1-2,5-10H3;9-12H2,1-8H3;1-2H2;1H4. The number of hydrogen-bond donors (Lipinski definition) is 0. The second-order valence-electron chi connectivity index (χ2n) is 27.9. The van der Waals surface area contributed by atoms with Crippen molar-refractivity contribution < 1.29 is 41.8 Å². The van der Waals surface area contributed by atoms with Crippen LogP contribution in [0.5, 0.6) is 0 Å². The summed E-state index contributed by atoms with van der Waals surface area (Å²) in [5.74, 6) is 0.784. The number of hydrogen-bond acceptors (Lipinski definition) is 10. The van der Waals surface area contributed by atoms with E-state index in [1.54, 1.807) is 0 Å². The summed E-state index contributed by atoms with van der Waals surface area (Å²) in [6.45, 7) is 101. The van der Waals surface area contributed by atoms with Crippen molar-refractivity contribution in [2.24, 2.45) is 0 Å². The van der Waals surface area contributed by atoms with Gasteiger partial charge in [-0.3, -0.25) is 0 Å². The zero-order valence-electron chi connectivity index (χ0n) is 59.1. The number of allylic oxidation sites excluding steroid dienone is 5. The molecule has 23 heteroatoms. The SMILES string of the molecule is C.C=C.C=C(CC)OC[Si](C)(O[Si](C)(C)C)O[Si](C)(C)O[Si](C)(C)C.C=C(CC)[Si](C)(C)O[Si](C)(C)O[Si](C)(C)C(=C)CC.C=C(CC)[Si](C)(C)O[Si](C)(C)O[Si](C)(C)C(=C)CC.CCC[Si](C)(C)O[Si](C)(C)O[Si](C)(C)CCC. The Hall–Kier alpha value is 0.699. The van der Waals surface area contributed by atoms with Crippen LogP contribution < -0.4 is 0 Å². The fourth-order valence-corrected chi connectivity index (χ4v) is 67.6. The minimum absolute atomic E-state index is 0. The Balaban J connectivity index is -0.000000226. The fraction of sp³-hybridized carbons (Fsp3) is 0.789. The van der Waals surface area contributed by atoms with Gasteiger partial charge in [0.1, 0.15) is 6.23 Å². The highest BCUT2D eigenvalue weighted by atomic mass is 28.5. The van der Waals surface area contributed by atoms with Gasteiger partial charge in [-0.1, -0.05) is 96.1 Å². The van der Waals surface area contributed by atoms with Gasteiger partial charge in [0.05, 0.1) is 5.76 Å². The van der Waals surface area contributed by atoms with E-state index in [1.165, 1.54) is 45.7 Å². The van der Waals surface area contributed by atoms with Crippen molar-refractivity contribution >= 4 is 109 Å². The number of ether oxygens (including phenoxy) is 1. The van der Waals surface area contributed by atoms with Crippen LogP contribution in [0.15, 0.2) is 72.6 Å². The summed E-state index contributed by atoms with van der Waals surface area (Å²) in [4.78, 5) is 0. The highest BCUT2D eigenvalue weighted by Gasteiger charge is 2.47. The predicted molar refractivity (Wildman–Crippen MR) is 394 cm³/mol. The van der Waals surface area contributed by atoms with Gasteiger partial charge in [-0.2, -0.15) is 0 Å². The first kappa shape index (κ1) is 91.9. The van der Waals surface area contributed by atoms with Crippen LogP contribution in [0.1, 0.15) is 101 Å². The first-order valence-corrected chi connectivity index (χ1v) is 68.2. The quantitative estimate of drug-likeness (QED) is 0.0352. The van der Waals surface area contributed by atoms with Crippen LogP contribution in [-0.4, -0.2) is 116 Å². The van der Waals surface area contributed by atoms with E-state index in [0.717, 1.165) is 37.9 Å². The summed E-state index contributed by atoms with van der Waals surface area (Å²) < 4.78 is 63.8. The molecule has 10 nitrogen and oxygen atoms in total. The van der Waals surface area contributed by atoms with Crippen molar-refractivity contribution in [3.8, 4) is 0 Å². The van der Waals surface area contributed by atoms with Crippen molar-refractivity contribution in [2.75, 3.05) is 6.23 Å². The summed E-state index contributed by atoms with van der Waals surface area (Å²) in [6, 6.07) is 2.48. The average molecular weight is 1350 g/mol. The maximum absolute atomic E-state index is 6.51. The van der Waals surface area contributed by atoms with Crippen molar-refractivity contribution in [2.45, 2.75) is 290 Å². The first-order valence-electron chi connectivity index (χ1n) is 29.7. The molecular formula is C57H140O10Si13. The van der Waals surface area contributed by atoms with Gasteiger partial charge in [-0.05, 0) is 215 Å². The van der Waals surface area contributed by atoms with Crippen LogP contribution >= 0.6 is 0 Å². The summed E-state index contributed by atoms with van der Waals surface area (Å²) in [7, 11) is -24.7. The molecule has 0 rings (SSSR count). The second kappa shape index (κ2) is 38.2. The van der Waals surface area contributed by atoms with Gasteiger partial charge < -0.3 is 41.8 Å². The molecule has 0 radical (unpaired) electrons. The molecule has 0 aromatic rings. The monoisotopic (exact) mass is 1350 g/mol. The summed E-state index contributed by atoms with van der Waals surface area (Å²) in [5, 5.41) is 5.02. The van der Waals surface area contributed by atoms with Crippen LogP contribution in [0.3, 0.4) is 0 Å². The second-order valence-corrected chi connectivity index (χ2v) is 80.4. The molecular weight excluding hydrogens is 1210 g/mol. The molecule has 0 heterocycles. The van der Waals surface area contributed by atoms with Crippen molar-refractivity contribution in [3.05, 3.63) is 72.6 Å². The smallest absolute Gasteiger partial charge is 0.354 e. The van der Waals surface area contributed by atoms with E-state index in [2.05, 4.69) is 264 Å². The molecule has 1 unspecified atom stereocenters. The van der Waals surface area contributed by atoms with Crippen LogP contribution in [0.25, 0.3) is 0 Å². The lowest BCUT2D eigenvalue weighted by Gasteiger charge is -2.41. The maximum Gasteiger partial charge on any atom is 0.354 e. The van der Waals surface area contributed by atoms with Gasteiger partial charge in [0.25, 0.3) is 0 Å². The van der Waals surface area contributed by atoms with Crippen LogP contribution in [0, 0.1) is 0 Å². The van der Waals surface area contributed by atoms with Gasteiger partial charge in [0, 0.05) is 6.42 Å². The van der Waals surface area contributed by atoms with Crippen molar-refractivity contribution in [3.63, 3.8) is 0 Å². The van der Waals surface area contributed by atoms with E-state index in [-0.39, 0.29) is 7.43 Å². The van der Waals surface area contributed by atoms with Gasteiger partial charge in [-0.25, -0.2) is 0 Å². The Labute approximate surface area is 515 Å². The molecule has 0 amide bonds. The van der Waals surface area contributed by atoms with E-state index in [1.807, 2.05) is 6.92 Å². The Morgan fingerprint density at radius 1 is 0.300 bits per heavy atom. The normalized spacial score (nSPS) is 13.9. The molecule has 480 valence electrons. The zero-order chi connectivity index (χ0) is 64.5. The molecule has 0 fully saturated rings. The van der Waals surface area contributed by atoms with Gasteiger partial charge in [0.15, 0.2) is 33.3 Å². The van der Waals surface area contributed by atoms with Crippen LogP contribution in [-0.2, 0) is 41.8 Å². The van der Waals surface area contributed by atoms with Crippen molar-refractivity contribution in [1.29, 1.82) is 0 Å². The molecule has 1 atom stereocenters. The lowest BCUT2D eigenvalue weighted by atomic mass is 10.4. The van der Waals surface area contributed by atoms with Crippen LogP contribution in [0.2, 0.25) is 189 Å². The van der Waals surface area contributed by atoms with E-state index in [0.29, 0.717) is 6.23 Å². The molecule has 0 N–H and O–H groups in total. The Morgan fingerprint density at radius 3 is 0.725 bits per heavy atom. The Morgan fingerprint density at radius 2 is 0.525 bits per heavy atom. The molecule has 0 bridgehead atoms. The van der Waals surface area contributed by atoms with Gasteiger partial charge in [-0.15, -0.1) is 39.5 Å². The summed E-state index contributed by atoms with van der Waals surface area (Å²) in [5.41, 5.74) is 0. The molecule has 0 aliphatic carbocycles. The summed E-state index contributed by atoms with van der Waals surface area (Å²) >= 11 is 0. The highest BCUT2D eigenvalue weighted by Crippen LogP contribution is 2.31. The molecule has 0 aromatic heterocycles. The molecule has 80 heavy (non-hydrogen) atoms. The molecule has 0 aliphatic heterocycles. The number of rotatable bonds is 34. The van der Waals surface area contributed by atoms with Crippen molar-refractivity contribution in [1.82, 2.24) is 0 Å². The molecule has 0 aliphatic rings. The lowest BCUT2D eigenvalue weighted by Crippen LogP contribution is -2.59. The summed E-state index contributed by atoms with van der Waals surface area (Å²) in [6.07, 6.45) is 7.70. The van der Waals surface area contributed by atoms with E-state index < -0.39 is 109 Å². The fourth-order valence-electron chi connectivity index (χ4n) is 9.49. The third kappa shape index (κ3) is 45.0.